The molecule has 2 N–H and O–H groups in total. The van der Waals surface area contributed by atoms with E-state index >= 15 is 0 Å². The molecule has 2 rings (SSSR count). The van der Waals surface area contributed by atoms with Gasteiger partial charge in [0.15, 0.2) is 0 Å². The second-order valence-corrected chi connectivity index (χ2v) is 6.73. The third-order valence-electron chi connectivity index (χ3n) is 3.07. The molecule has 0 unspecified atom stereocenters. The van der Waals surface area contributed by atoms with Crippen LogP contribution in [-0.4, -0.2) is 27.2 Å². The number of aliphatic hydroxyl groups excluding tert-OH is 1. The Kier molecular flexibility index (Phi) is 5.47. The second kappa shape index (κ2) is 7.15. The predicted octanol–water partition coefficient (Wildman–Crippen LogP) is 2.34. The number of ether oxygens (including phenoxy) is 1. The van der Waals surface area contributed by atoms with Crippen LogP contribution in [0.15, 0.2) is 46.1 Å². The minimum absolute atomic E-state index is 0.0381. The molecule has 0 aliphatic heterocycles. The van der Waals surface area contributed by atoms with Crippen molar-refractivity contribution in [2.24, 2.45) is 0 Å². The molecule has 2 aromatic rings. The Morgan fingerprint density at radius 3 is 2.77 bits per heavy atom. The summed E-state index contributed by atoms with van der Waals surface area (Å²) in [5.41, 5.74) is 0.603. The fraction of sp³-hybridized carbons (Fsp3) is 0.286. The zero-order valence-corrected chi connectivity index (χ0v) is 13.4. The first-order chi connectivity index (χ1) is 10.4. The predicted molar refractivity (Wildman–Crippen MR) is 81.5 cm³/mol. The van der Waals surface area contributed by atoms with E-state index in [1.807, 2.05) is 0 Å². The lowest BCUT2D eigenvalue weighted by Crippen LogP contribution is -2.26. The van der Waals surface area contributed by atoms with Gasteiger partial charge in [-0.3, -0.25) is 0 Å². The average molecular weight is 346 g/mol. The Hall–Kier alpha value is -1.54. The van der Waals surface area contributed by atoms with Gasteiger partial charge >= 0.3 is 0 Å². The maximum atomic E-state index is 12.1. The van der Waals surface area contributed by atoms with Gasteiger partial charge < -0.3 is 14.3 Å². The van der Waals surface area contributed by atoms with Crippen molar-refractivity contribution < 1.29 is 22.7 Å². The van der Waals surface area contributed by atoms with Gasteiger partial charge in [0, 0.05) is 12.1 Å². The summed E-state index contributed by atoms with van der Waals surface area (Å²) in [6, 6.07) is 5.83. The van der Waals surface area contributed by atoms with Crippen LogP contribution in [0.5, 0.6) is 5.75 Å². The van der Waals surface area contributed by atoms with Crippen molar-refractivity contribution in [2.75, 3.05) is 13.7 Å². The van der Waals surface area contributed by atoms with Gasteiger partial charge in [-0.05, 0) is 30.7 Å². The van der Waals surface area contributed by atoms with Crippen LogP contribution >= 0.6 is 11.6 Å². The molecule has 120 valence electrons. The van der Waals surface area contributed by atoms with Crippen molar-refractivity contribution in [3.8, 4) is 5.75 Å². The summed E-state index contributed by atoms with van der Waals surface area (Å²) in [5, 5.41) is 10.1. The molecule has 0 spiro atoms. The smallest absolute Gasteiger partial charge is 0.240 e. The van der Waals surface area contributed by atoms with E-state index in [1.165, 1.54) is 37.8 Å². The van der Waals surface area contributed by atoms with Crippen LogP contribution in [0, 0.1) is 0 Å². The summed E-state index contributed by atoms with van der Waals surface area (Å²) >= 11 is 5.92. The Bertz CT molecular complexity index is 715. The normalized spacial score (nSPS) is 13.0. The summed E-state index contributed by atoms with van der Waals surface area (Å²) in [6.07, 6.45) is 2.30. The van der Waals surface area contributed by atoms with Crippen molar-refractivity contribution in [3.63, 3.8) is 0 Å². The summed E-state index contributed by atoms with van der Waals surface area (Å²) in [7, 11) is -2.25. The van der Waals surface area contributed by atoms with E-state index in [0.717, 1.165) is 0 Å². The third-order valence-corrected chi connectivity index (χ3v) is 4.83. The molecule has 0 aliphatic rings. The molecule has 0 aliphatic carbocycles. The van der Waals surface area contributed by atoms with Crippen LogP contribution < -0.4 is 9.46 Å². The maximum Gasteiger partial charge on any atom is 0.240 e. The summed E-state index contributed by atoms with van der Waals surface area (Å²) in [6.45, 7) is 0.0817. The minimum Gasteiger partial charge on any atom is -0.495 e. The number of furan rings is 1. The largest absolute Gasteiger partial charge is 0.495 e. The van der Waals surface area contributed by atoms with Crippen molar-refractivity contribution in [3.05, 3.63) is 47.4 Å². The molecule has 0 fully saturated rings. The zero-order valence-electron chi connectivity index (χ0n) is 11.8. The number of benzene rings is 1. The van der Waals surface area contributed by atoms with Gasteiger partial charge in [-0.25, -0.2) is 13.1 Å². The molecular formula is C14H16ClNO5S. The zero-order chi connectivity index (χ0) is 16.2. The molecule has 6 nitrogen and oxygen atoms in total. The highest BCUT2D eigenvalue weighted by Crippen LogP contribution is 2.26. The van der Waals surface area contributed by atoms with Crippen molar-refractivity contribution in [2.45, 2.75) is 17.4 Å². The summed E-state index contributed by atoms with van der Waals surface area (Å²) < 4.78 is 36.5. The number of nitrogens with one attached hydrogen (secondary N) is 1. The first-order valence-corrected chi connectivity index (χ1v) is 8.33. The topological polar surface area (TPSA) is 88.8 Å². The minimum atomic E-state index is -3.70. The van der Waals surface area contributed by atoms with Gasteiger partial charge in [-0.1, -0.05) is 11.6 Å². The lowest BCUT2D eigenvalue weighted by molar-refractivity contribution is 0.168. The fourth-order valence-corrected chi connectivity index (χ4v) is 3.25. The van der Waals surface area contributed by atoms with Crippen LogP contribution in [0.1, 0.15) is 18.1 Å². The van der Waals surface area contributed by atoms with Gasteiger partial charge in [0.2, 0.25) is 10.0 Å². The van der Waals surface area contributed by atoms with Gasteiger partial charge in [0.25, 0.3) is 0 Å². The van der Waals surface area contributed by atoms with E-state index in [-0.39, 0.29) is 22.9 Å². The molecule has 1 aromatic carbocycles. The molecule has 0 saturated carbocycles. The number of rotatable bonds is 7. The number of halogens is 1. The summed E-state index contributed by atoms with van der Waals surface area (Å²) in [4.78, 5) is 0.0381. The van der Waals surface area contributed by atoms with E-state index in [1.54, 1.807) is 6.07 Å². The van der Waals surface area contributed by atoms with Gasteiger partial charge in [0.1, 0.15) is 5.75 Å². The van der Waals surface area contributed by atoms with E-state index in [2.05, 4.69) is 4.72 Å². The lowest BCUT2D eigenvalue weighted by Gasteiger charge is -2.11. The van der Waals surface area contributed by atoms with E-state index in [9.17, 15) is 13.5 Å². The fourth-order valence-electron chi connectivity index (χ4n) is 1.86. The molecule has 1 heterocycles. The molecule has 0 bridgehead atoms. The number of aliphatic hydroxyl groups is 1. The van der Waals surface area contributed by atoms with Crippen LogP contribution in [0.25, 0.3) is 0 Å². The van der Waals surface area contributed by atoms with Crippen molar-refractivity contribution in [1.29, 1.82) is 0 Å². The van der Waals surface area contributed by atoms with Crippen LogP contribution in [0.3, 0.4) is 0 Å². The van der Waals surface area contributed by atoms with E-state index in [4.69, 9.17) is 20.8 Å². The molecule has 22 heavy (non-hydrogen) atoms. The highest BCUT2D eigenvalue weighted by molar-refractivity contribution is 7.89. The van der Waals surface area contributed by atoms with Gasteiger partial charge in [0.05, 0.1) is 35.7 Å². The number of sulfonamides is 1. The first-order valence-electron chi connectivity index (χ1n) is 6.47. The van der Waals surface area contributed by atoms with Crippen LogP contribution in [0.4, 0.5) is 0 Å². The first kappa shape index (κ1) is 16.8. The lowest BCUT2D eigenvalue weighted by atomic mass is 10.1. The van der Waals surface area contributed by atoms with E-state index < -0.39 is 16.1 Å². The number of hydrogen-bond donors (Lipinski definition) is 2. The Labute approximate surface area is 133 Å². The Balaban J connectivity index is 1.98. The molecule has 1 aromatic heterocycles. The molecule has 0 radical (unpaired) electrons. The monoisotopic (exact) mass is 345 g/mol. The SMILES string of the molecule is COc1ccc(S(=O)(=O)NCC[C@H](O)c2ccoc2)cc1Cl. The van der Waals surface area contributed by atoms with Gasteiger partial charge in [-0.2, -0.15) is 0 Å². The van der Waals surface area contributed by atoms with Crippen LogP contribution in [0.2, 0.25) is 5.02 Å². The number of methoxy groups -OCH3 is 1. The quantitative estimate of drug-likeness (QED) is 0.804. The second-order valence-electron chi connectivity index (χ2n) is 4.56. The highest BCUT2D eigenvalue weighted by Gasteiger charge is 2.17. The molecule has 0 amide bonds. The third kappa shape index (κ3) is 4.01. The highest BCUT2D eigenvalue weighted by atomic mass is 35.5. The van der Waals surface area contributed by atoms with Crippen LogP contribution in [-0.2, 0) is 10.0 Å². The Morgan fingerprint density at radius 2 is 2.18 bits per heavy atom. The van der Waals surface area contributed by atoms with E-state index in [0.29, 0.717) is 11.3 Å². The number of hydrogen-bond acceptors (Lipinski definition) is 5. The van der Waals surface area contributed by atoms with Crippen molar-refractivity contribution in [1.82, 2.24) is 4.72 Å². The Morgan fingerprint density at radius 1 is 1.41 bits per heavy atom. The standard InChI is InChI=1S/C14H16ClNO5S/c1-20-14-3-2-11(8-12(14)15)22(18,19)16-6-4-13(17)10-5-7-21-9-10/h2-3,5,7-9,13,16-17H,4,6H2,1H3/t13-/m0/s1. The molecular weight excluding hydrogens is 330 g/mol. The van der Waals surface area contributed by atoms with Gasteiger partial charge in [-0.15, -0.1) is 0 Å². The average Bonchev–Trinajstić information content (AvgIpc) is 3.01. The molecule has 0 saturated heterocycles. The van der Waals surface area contributed by atoms with Crippen molar-refractivity contribution >= 4 is 21.6 Å². The summed E-state index contributed by atoms with van der Waals surface area (Å²) in [5.74, 6) is 0.399. The molecule has 1 atom stereocenters. The maximum absolute atomic E-state index is 12.1. The molecule has 8 heteroatoms.